The van der Waals surface area contributed by atoms with Gasteiger partial charge in [-0.25, -0.2) is 4.68 Å². The number of aromatic nitrogens is 3. The van der Waals surface area contributed by atoms with Gasteiger partial charge in [-0.3, -0.25) is 14.6 Å². The van der Waals surface area contributed by atoms with Crippen molar-refractivity contribution in [3.05, 3.63) is 68.5 Å². The molecule has 0 saturated carbocycles. The number of pyridine rings is 1. The molecule has 8 heteroatoms. The lowest BCUT2D eigenvalue weighted by molar-refractivity contribution is -0.143. The van der Waals surface area contributed by atoms with Gasteiger partial charge in [-0.05, 0) is 36.8 Å². The second-order valence-corrected chi connectivity index (χ2v) is 8.50. The van der Waals surface area contributed by atoms with Crippen molar-refractivity contribution >= 4 is 49.9 Å². The highest BCUT2D eigenvalue weighted by Crippen LogP contribution is 2.31. The fraction of sp³-hybridized carbons (Fsp3) is 0.273. The van der Waals surface area contributed by atoms with Crippen LogP contribution >= 0.6 is 22.9 Å². The Morgan fingerprint density at radius 1 is 1.23 bits per heavy atom. The Bertz CT molecular complexity index is 1280. The van der Waals surface area contributed by atoms with Crippen LogP contribution in [0.2, 0.25) is 5.02 Å². The highest BCUT2D eigenvalue weighted by molar-refractivity contribution is 7.19. The van der Waals surface area contributed by atoms with Gasteiger partial charge in [0.15, 0.2) is 0 Å². The van der Waals surface area contributed by atoms with Crippen LogP contribution in [0.4, 0.5) is 0 Å². The Labute approximate surface area is 182 Å². The lowest BCUT2D eigenvalue weighted by Crippen LogP contribution is -2.26. The van der Waals surface area contributed by atoms with Crippen LogP contribution in [0.15, 0.2) is 47.4 Å². The molecule has 0 aliphatic rings. The molecule has 0 bridgehead atoms. The fourth-order valence-electron chi connectivity index (χ4n) is 3.23. The topological polar surface area (TPSA) is 74.1 Å². The molecule has 0 N–H and O–H groups in total. The van der Waals surface area contributed by atoms with Crippen LogP contribution in [0.5, 0.6) is 0 Å². The van der Waals surface area contributed by atoms with Gasteiger partial charge in [0, 0.05) is 26.2 Å². The Hall–Kier alpha value is -2.77. The minimum Gasteiger partial charge on any atom is -0.465 e. The van der Waals surface area contributed by atoms with Gasteiger partial charge < -0.3 is 4.74 Å². The maximum Gasteiger partial charge on any atom is 0.312 e. The van der Waals surface area contributed by atoms with E-state index in [4.69, 9.17) is 16.3 Å². The third-order valence-electron chi connectivity index (χ3n) is 4.72. The van der Waals surface area contributed by atoms with Gasteiger partial charge >= 0.3 is 5.97 Å². The average molecular weight is 442 g/mol. The first kappa shape index (κ1) is 20.5. The number of hydrogen-bond acceptors (Lipinski definition) is 6. The minimum atomic E-state index is -0.373. The van der Waals surface area contributed by atoms with Crippen molar-refractivity contribution in [3.63, 3.8) is 0 Å². The Kier molecular flexibility index (Phi) is 6.11. The normalized spacial score (nSPS) is 11.3. The van der Waals surface area contributed by atoms with E-state index in [1.54, 1.807) is 29.7 Å². The first-order chi connectivity index (χ1) is 14.6. The third-order valence-corrected chi connectivity index (χ3v) is 6.14. The Morgan fingerprint density at radius 3 is 2.90 bits per heavy atom. The van der Waals surface area contributed by atoms with Crippen LogP contribution in [0.25, 0.3) is 21.0 Å². The van der Waals surface area contributed by atoms with Crippen LogP contribution < -0.4 is 5.56 Å². The second-order valence-electron chi connectivity index (χ2n) is 6.92. The molecule has 4 rings (SSSR count). The Morgan fingerprint density at radius 2 is 2.10 bits per heavy atom. The van der Waals surface area contributed by atoms with E-state index in [9.17, 15) is 9.59 Å². The van der Waals surface area contributed by atoms with E-state index in [-0.39, 0.29) is 24.5 Å². The van der Waals surface area contributed by atoms with Crippen LogP contribution in [0, 0.1) is 0 Å². The van der Waals surface area contributed by atoms with Crippen LogP contribution in [0.3, 0.4) is 0 Å². The molecule has 0 spiro atoms. The highest BCUT2D eigenvalue weighted by Gasteiger charge is 2.16. The van der Waals surface area contributed by atoms with Gasteiger partial charge in [0.05, 0.1) is 36.2 Å². The van der Waals surface area contributed by atoms with Crippen LogP contribution in [-0.2, 0) is 22.5 Å². The van der Waals surface area contributed by atoms with Crippen LogP contribution in [0.1, 0.15) is 30.3 Å². The highest BCUT2D eigenvalue weighted by atomic mass is 35.5. The molecule has 4 aromatic rings. The summed E-state index contributed by atoms with van der Waals surface area (Å²) in [6.45, 7) is 2.70. The smallest absolute Gasteiger partial charge is 0.312 e. The number of halogens is 1. The molecular weight excluding hydrogens is 422 g/mol. The summed E-state index contributed by atoms with van der Waals surface area (Å²) >= 11 is 7.84. The second kappa shape index (κ2) is 8.93. The number of carbonyl (C=O) groups excluding carboxylic acids is 1. The number of thiophene rings is 1. The molecule has 0 amide bonds. The molecule has 0 saturated heterocycles. The maximum absolute atomic E-state index is 13.0. The van der Waals surface area contributed by atoms with E-state index < -0.39 is 0 Å². The lowest BCUT2D eigenvalue weighted by atomic mass is 10.2. The predicted molar refractivity (Wildman–Crippen MR) is 119 cm³/mol. The molecule has 0 fully saturated rings. The quantitative estimate of drug-likeness (QED) is 0.309. The summed E-state index contributed by atoms with van der Waals surface area (Å²) < 4.78 is 7.71. The van der Waals surface area contributed by atoms with E-state index in [0.717, 1.165) is 27.8 Å². The number of carbonyl (C=O) groups is 1. The summed E-state index contributed by atoms with van der Waals surface area (Å²) in [6.07, 6.45) is 3.32. The monoisotopic (exact) mass is 441 g/mol. The van der Waals surface area contributed by atoms with E-state index >= 15 is 0 Å². The van der Waals surface area contributed by atoms with Gasteiger partial charge in [0.1, 0.15) is 0 Å². The van der Waals surface area contributed by atoms with Crippen molar-refractivity contribution in [1.29, 1.82) is 0 Å². The fourth-order valence-corrected chi connectivity index (χ4v) is 4.59. The molecule has 0 unspecified atom stereocenters. The van der Waals surface area contributed by atoms with Crippen molar-refractivity contribution in [3.8, 4) is 0 Å². The van der Waals surface area contributed by atoms with Crippen molar-refractivity contribution in [1.82, 2.24) is 14.8 Å². The third kappa shape index (κ3) is 4.22. The lowest BCUT2D eigenvalue weighted by Gasteiger charge is -2.10. The van der Waals surface area contributed by atoms with Gasteiger partial charge in [0.25, 0.3) is 5.56 Å². The first-order valence-electron chi connectivity index (χ1n) is 9.74. The maximum atomic E-state index is 13.0. The molecule has 0 radical (unpaired) electrons. The largest absolute Gasteiger partial charge is 0.465 e. The number of benzene rings is 1. The predicted octanol–water partition coefficient (Wildman–Crippen LogP) is 4.59. The molecule has 30 heavy (non-hydrogen) atoms. The van der Waals surface area contributed by atoms with Crippen molar-refractivity contribution < 1.29 is 9.53 Å². The average Bonchev–Trinajstić information content (AvgIpc) is 3.16. The summed E-state index contributed by atoms with van der Waals surface area (Å²) in [6, 6.07) is 11.1. The molecular formula is C22H20ClN3O3S. The van der Waals surface area contributed by atoms with Gasteiger partial charge in [-0.2, -0.15) is 5.10 Å². The number of ether oxygens (including phenoxy) is 1. The van der Waals surface area contributed by atoms with Gasteiger partial charge in [0.2, 0.25) is 0 Å². The van der Waals surface area contributed by atoms with E-state index in [1.165, 1.54) is 4.68 Å². The van der Waals surface area contributed by atoms with E-state index in [0.29, 0.717) is 28.2 Å². The van der Waals surface area contributed by atoms with Gasteiger partial charge in [-0.15, -0.1) is 11.3 Å². The van der Waals surface area contributed by atoms with Gasteiger partial charge in [-0.1, -0.05) is 31.0 Å². The minimum absolute atomic E-state index is 0.0320. The zero-order valence-corrected chi connectivity index (χ0v) is 18.0. The molecule has 0 aliphatic heterocycles. The summed E-state index contributed by atoms with van der Waals surface area (Å²) in [7, 11) is 0. The molecule has 1 aromatic carbocycles. The number of nitrogens with zero attached hydrogens (tertiary/aromatic N) is 3. The Balaban J connectivity index is 1.70. The van der Waals surface area contributed by atoms with E-state index in [1.807, 2.05) is 31.2 Å². The van der Waals surface area contributed by atoms with Crippen LogP contribution in [-0.4, -0.2) is 27.3 Å². The molecule has 6 nitrogen and oxygen atoms in total. The molecule has 0 aliphatic carbocycles. The SMILES string of the molecule is CCCCOC(=O)Cc1nn(Cc2cc3c(Cl)cccc3s2)c(=O)c2cccnc12. The zero-order chi connectivity index (χ0) is 21.1. The molecule has 154 valence electrons. The summed E-state index contributed by atoms with van der Waals surface area (Å²) in [5, 5.41) is 6.53. The van der Waals surface area contributed by atoms with Crippen molar-refractivity contribution in [2.24, 2.45) is 0 Å². The molecule has 3 heterocycles. The molecule has 0 atom stereocenters. The number of unbranched alkanes of at least 4 members (excludes halogenated alkanes) is 1. The molecule has 3 aromatic heterocycles. The van der Waals surface area contributed by atoms with Crippen molar-refractivity contribution in [2.45, 2.75) is 32.7 Å². The summed E-state index contributed by atoms with van der Waals surface area (Å²) in [5.74, 6) is -0.373. The first-order valence-corrected chi connectivity index (χ1v) is 10.9. The van der Waals surface area contributed by atoms with Crippen molar-refractivity contribution in [2.75, 3.05) is 6.61 Å². The van der Waals surface area contributed by atoms with E-state index in [2.05, 4.69) is 10.1 Å². The summed E-state index contributed by atoms with van der Waals surface area (Å²) in [4.78, 5) is 30.5. The number of esters is 1. The number of fused-ring (bicyclic) bond motifs is 2. The zero-order valence-electron chi connectivity index (χ0n) is 16.4. The summed E-state index contributed by atoms with van der Waals surface area (Å²) in [5.41, 5.74) is 0.626. The standard InChI is InChI=1S/C22H20ClN3O3S/c1-2-3-10-29-20(27)12-18-21-15(6-5-9-24-21)22(28)26(25-18)13-14-11-16-17(23)7-4-8-19(16)30-14/h4-9,11H,2-3,10,12-13H2,1H3. The number of rotatable bonds is 7. The number of hydrogen-bond donors (Lipinski definition) is 0.